The van der Waals surface area contributed by atoms with Crippen LogP contribution in [0.3, 0.4) is 0 Å². The Bertz CT molecular complexity index is 1130. The number of H-pyrrole nitrogens is 1. The summed E-state index contributed by atoms with van der Waals surface area (Å²) >= 11 is 0. The van der Waals surface area contributed by atoms with Crippen LogP contribution in [-0.2, 0) is 0 Å². The molecule has 0 spiro atoms. The molecule has 1 unspecified atom stereocenters. The minimum Gasteiger partial charge on any atom is -0.368 e. The average Bonchev–Trinajstić information content (AvgIpc) is 3.28. The van der Waals surface area contributed by atoms with Crippen molar-refractivity contribution in [1.82, 2.24) is 29.7 Å². The van der Waals surface area contributed by atoms with E-state index in [-0.39, 0.29) is 11.9 Å². The quantitative estimate of drug-likeness (QED) is 0.545. The minimum absolute atomic E-state index is 0.0222. The number of nitrogens with two attached hydrogens (primary N) is 1. The van der Waals surface area contributed by atoms with Gasteiger partial charge in [-0.25, -0.2) is 14.6 Å². The lowest BCUT2D eigenvalue weighted by atomic mass is 10.1. The van der Waals surface area contributed by atoms with Crippen molar-refractivity contribution in [1.29, 1.82) is 0 Å². The highest BCUT2D eigenvalue weighted by molar-refractivity contribution is 5.84. The number of aryl methyl sites for hydroxylation is 1. The van der Waals surface area contributed by atoms with E-state index in [4.69, 9.17) is 5.73 Å². The number of nitrogen functional groups attached to an aromatic ring is 1. The Morgan fingerprint density at radius 1 is 1.19 bits per heavy atom. The number of imidazole rings is 1. The van der Waals surface area contributed by atoms with E-state index >= 15 is 0 Å². The van der Waals surface area contributed by atoms with Gasteiger partial charge in [0.2, 0.25) is 5.95 Å². The summed E-state index contributed by atoms with van der Waals surface area (Å²) in [5.74, 6) is 8.16. The lowest BCUT2D eigenvalue weighted by molar-refractivity contribution is 0.853. The topological polar surface area (TPSA) is 98.3 Å². The number of benzene rings is 1. The molecule has 0 fully saturated rings. The van der Waals surface area contributed by atoms with Gasteiger partial charge in [0.1, 0.15) is 5.82 Å². The number of aromatic nitrogens is 6. The first kappa shape index (κ1) is 15.8. The van der Waals surface area contributed by atoms with Gasteiger partial charge in [-0.1, -0.05) is 11.8 Å². The first-order valence-corrected chi connectivity index (χ1v) is 8.21. The number of hydrogen-bond acceptors (Lipinski definition) is 5. The fraction of sp³-hybridized carbons (Fsp3) is 0.158. The van der Waals surface area contributed by atoms with Crippen molar-refractivity contribution >= 4 is 16.9 Å². The van der Waals surface area contributed by atoms with E-state index < -0.39 is 0 Å². The van der Waals surface area contributed by atoms with E-state index in [2.05, 4.69) is 36.9 Å². The number of rotatable bonds is 2. The van der Waals surface area contributed by atoms with Crippen LogP contribution in [0.25, 0.3) is 16.7 Å². The lowest BCUT2D eigenvalue weighted by Crippen LogP contribution is -2.03. The van der Waals surface area contributed by atoms with Gasteiger partial charge in [-0.2, -0.15) is 10.1 Å². The molecule has 1 atom stereocenters. The Morgan fingerprint density at radius 3 is 2.85 bits per heavy atom. The zero-order chi connectivity index (χ0) is 18.1. The van der Waals surface area contributed by atoms with Crippen LogP contribution in [0.2, 0.25) is 0 Å². The zero-order valence-corrected chi connectivity index (χ0v) is 14.4. The van der Waals surface area contributed by atoms with E-state index in [9.17, 15) is 0 Å². The summed E-state index contributed by atoms with van der Waals surface area (Å²) in [6, 6.07) is 7.81. The molecule has 3 N–H and O–H groups in total. The second-order valence-electron chi connectivity index (χ2n) is 5.97. The molecule has 0 bridgehead atoms. The molecule has 0 radical (unpaired) electrons. The molecular formula is C19H17N7. The van der Waals surface area contributed by atoms with Crippen molar-refractivity contribution in [2.45, 2.75) is 19.8 Å². The van der Waals surface area contributed by atoms with Gasteiger partial charge in [-0.15, -0.1) is 0 Å². The van der Waals surface area contributed by atoms with Crippen LogP contribution in [0.4, 0.5) is 5.95 Å². The summed E-state index contributed by atoms with van der Waals surface area (Å²) in [4.78, 5) is 15.5. The Balaban J connectivity index is 1.76. The van der Waals surface area contributed by atoms with Crippen molar-refractivity contribution in [2.24, 2.45) is 0 Å². The smallest absolute Gasteiger partial charge is 0.221 e. The van der Waals surface area contributed by atoms with E-state index in [1.54, 1.807) is 29.3 Å². The summed E-state index contributed by atoms with van der Waals surface area (Å²) < 4.78 is 1.77. The van der Waals surface area contributed by atoms with E-state index in [0.717, 1.165) is 28.0 Å². The van der Waals surface area contributed by atoms with Crippen molar-refractivity contribution in [3.63, 3.8) is 0 Å². The fourth-order valence-corrected chi connectivity index (χ4v) is 2.78. The maximum atomic E-state index is 5.71. The van der Waals surface area contributed by atoms with Crippen molar-refractivity contribution in [3.05, 3.63) is 59.9 Å². The molecule has 1 aromatic carbocycles. The van der Waals surface area contributed by atoms with Gasteiger partial charge < -0.3 is 10.7 Å². The van der Waals surface area contributed by atoms with Crippen LogP contribution >= 0.6 is 0 Å². The molecule has 0 saturated carbocycles. The van der Waals surface area contributed by atoms with Crippen LogP contribution in [-0.4, -0.2) is 29.7 Å². The maximum absolute atomic E-state index is 5.71. The number of anilines is 1. The Hall–Kier alpha value is -3.66. The SMILES string of the molecule is Cc1nn(-c2ccnc(N)n2)c2cc(C#CC(C)c3ncc[nH]3)ccc12. The van der Waals surface area contributed by atoms with Crippen LogP contribution < -0.4 is 5.73 Å². The third-order valence-corrected chi connectivity index (χ3v) is 4.10. The third-order valence-electron chi connectivity index (χ3n) is 4.10. The van der Waals surface area contributed by atoms with Gasteiger partial charge >= 0.3 is 0 Å². The molecule has 4 aromatic rings. The Kier molecular flexibility index (Phi) is 3.86. The summed E-state index contributed by atoms with van der Waals surface area (Å²) in [6.45, 7) is 3.98. The highest BCUT2D eigenvalue weighted by Crippen LogP contribution is 2.22. The molecule has 3 heterocycles. The number of fused-ring (bicyclic) bond motifs is 1. The predicted molar refractivity (Wildman–Crippen MR) is 99.7 cm³/mol. The molecule has 3 aromatic heterocycles. The maximum Gasteiger partial charge on any atom is 0.221 e. The number of nitrogens with one attached hydrogen (secondary N) is 1. The number of nitrogens with zero attached hydrogens (tertiary/aromatic N) is 5. The molecule has 26 heavy (non-hydrogen) atoms. The number of hydrogen-bond donors (Lipinski definition) is 2. The second-order valence-corrected chi connectivity index (χ2v) is 5.97. The van der Waals surface area contributed by atoms with Gasteiger partial charge in [0, 0.05) is 35.6 Å². The predicted octanol–water partition coefficient (Wildman–Crippen LogP) is 2.58. The molecule has 7 heteroatoms. The standard InChI is InChI=1S/C19H17N7/c1-12(18-21-9-10-22-18)3-4-14-5-6-15-13(2)25-26(16(15)11-14)17-7-8-23-19(20)24-17/h5-12H,1-2H3,(H,21,22)(H2,20,23,24). The largest absolute Gasteiger partial charge is 0.368 e. The van der Waals surface area contributed by atoms with E-state index in [1.165, 1.54) is 0 Å². The van der Waals surface area contributed by atoms with Gasteiger partial charge in [0.05, 0.1) is 17.1 Å². The fourth-order valence-electron chi connectivity index (χ4n) is 2.78. The Morgan fingerprint density at radius 2 is 2.08 bits per heavy atom. The first-order valence-electron chi connectivity index (χ1n) is 8.21. The molecule has 0 aliphatic rings. The summed E-state index contributed by atoms with van der Waals surface area (Å²) in [5.41, 5.74) is 8.46. The van der Waals surface area contributed by atoms with E-state index in [0.29, 0.717) is 5.82 Å². The molecule has 7 nitrogen and oxygen atoms in total. The Labute approximate surface area is 150 Å². The van der Waals surface area contributed by atoms with Gasteiger partial charge in [-0.3, -0.25) is 0 Å². The van der Waals surface area contributed by atoms with Crippen molar-refractivity contribution in [2.75, 3.05) is 5.73 Å². The molecular weight excluding hydrogens is 326 g/mol. The van der Waals surface area contributed by atoms with Crippen LogP contribution in [0, 0.1) is 18.8 Å². The van der Waals surface area contributed by atoms with Gasteiger partial charge in [0.15, 0.2) is 5.82 Å². The number of aromatic amines is 1. The highest BCUT2D eigenvalue weighted by atomic mass is 15.3. The average molecular weight is 343 g/mol. The van der Waals surface area contributed by atoms with Crippen LogP contribution in [0.15, 0.2) is 42.9 Å². The monoisotopic (exact) mass is 343 g/mol. The molecule has 4 rings (SSSR count). The van der Waals surface area contributed by atoms with Crippen LogP contribution in [0.5, 0.6) is 0 Å². The zero-order valence-electron chi connectivity index (χ0n) is 14.4. The van der Waals surface area contributed by atoms with Crippen LogP contribution in [0.1, 0.15) is 29.9 Å². The molecule has 0 aliphatic heterocycles. The molecule has 0 amide bonds. The third kappa shape index (κ3) is 2.89. The minimum atomic E-state index is 0.0222. The summed E-state index contributed by atoms with van der Waals surface area (Å²) in [6.07, 6.45) is 5.15. The normalized spacial score (nSPS) is 11.9. The van der Waals surface area contributed by atoms with Gasteiger partial charge in [0.25, 0.3) is 0 Å². The highest BCUT2D eigenvalue weighted by Gasteiger charge is 2.11. The summed E-state index contributed by atoms with van der Waals surface area (Å²) in [5, 5.41) is 5.63. The first-order chi connectivity index (χ1) is 12.6. The van der Waals surface area contributed by atoms with Crippen molar-refractivity contribution < 1.29 is 0 Å². The molecule has 0 saturated heterocycles. The second kappa shape index (κ2) is 6.33. The van der Waals surface area contributed by atoms with Crippen molar-refractivity contribution in [3.8, 4) is 17.7 Å². The van der Waals surface area contributed by atoms with E-state index in [1.807, 2.05) is 32.0 Å². The summed E-state index contributed by atoms with van der Waals surface area (Å²) in [7, 11) is 0. The molecule has 128 valence electrons. The van der Waals surface area contributed by atoms with Gasteiger partial charge in [-0.05, 0) is 32.0 Å². The lowest BCUT2D eigenvalue weighted by Gasteiger charge is -2.03. The molecule has 0 aliphatic carbocycles.